The van der Waals surface area contributed by atoms with E-state index in [1.54, 1.807) is 12.1 Å². The number of nitrogens with one attached hydrogen (secondary N) is 1. The van der Waals surface area contributed by atoms with E-state index in [4.69, 9.17) is 23.2 Å². The predicted molar refractivity (Wildman–Crippen MR) is 95.9 cm³/mol. The molecule has 2 aromatic rings. The number of benzene rings is 2. The molecule has 1 aliphatic carbocycles. The number of hydrogen-bond acceptors (Lipinski definition) is 3. The summed E-state index contributed by atoms with van der Waals surface area (Å²) in [6, 6.07) is 10.9. The lowest BCUT2D eigenvalue weighted by Gasteiger charge is -2.37. The van der Waals surface area contributed by atoms with Crippen molar-refractivity contribution in [1.82, 2.24) is 0 Å². The fourth-order valence-corrected chi connectivity index (χ4v) is 4.13. The summed E-state index contributed by atoms with van der Waals surface area (Å²) in [6.07, 6.45) is 5.30. The van der Waals surface area contributed by atoms with E-state index in [1.807, 2.05) is 24.3 Å². The van der Waals surface area contributed by atoms with E-state index in [0.717, 1.165) is 22.7 Å². The Morgan fingerprint density at radius 1 is 1.17 bits per heavy atom. The maximum atomic E-state index is 11.2. The molecule has 0 saturated carbocycles. The van der Waals surface area contributed by atoms with Crippen LogP contribution in [0.1, 0.15) is 29.5 Å². The Morgan fingerprint density at radius 2 is 2.00 bits per heavy atom. The van der Waals surface area contributed by atoms with E-state index in [-0.39, 0.29) is 22.7 Å². The molecule has 1 heterocycles. The number of anilines is 1. The lowest BCUT2D eigenvalue weighted by molar-refractivity contribution is -0.384. The molecule has 6 heteroatoms. The van der Waals surface area contributed by atoms with Crippen LogP contribution in [0.3, 0.4) is 0 Å². The monoisotopic (exact) mass is 360 g/mol. The Kier molecular flexibility index (Phi) is 3.74. The smallest absolute Gasteiger partial charge is 0.288 e. The molecule has 2 aromatic carbocycles. The first-order chi connectivity index (χ1) is 11.5. The van der Waals surface area contributed by atoms with Crippen LogP contribution < -0.4 is 5.32 Å². The highest BCUT2D eigenvalue weighted by molar-refractivity contribution is 6.32. The van der Waals surface area contributed by atoms with Crippen molar-refractivity contribution in [3.8, 4) is 0 Å². The maximum absolute atomic E-state index is 11.2. The quantitative estimate of drug-likeness (QED) is 0.422. The molecule has 0 unspecified atom stereocenters. The van der Waals surface area contributed by atoms with Gasteiger partial charge in [-0.1, -0.05) is 41.4 Å². The molecule has 1 aliphatic heterocycles. The Hall–Kier alpha value is -2.04. The van der Waals surface area contributed by atoms with E-state index in [1.165, 1.54) is 5.56 Å². The minimum atomic E-state index is -0.438. The predicted octanol–water partition coefficient (Wildman–Crippen LogP) is 5.73. The second-order valence-electron chi connectivity index (χ2n) is 6.18. The van der Waals surface area contributed by atoms with E-state index < -0.39 is 4.92 Å². The summed E-state index contributed by atoms with van der Waals surface area (Å²) in [4.78, 5) is 10.8. The number of rotatable bonds is 2. The first-order valence-electron chi connectivity index (χ1n) is 7.71. The Labute approximate surface area is 149 Å². The van der Waals surface area contributed by atoms with Gasteiger partial charge in [-0.15, -0.1) is 0 Å². The number of hydrogen-bond donors (Lipinski definition) is 1. The van der Waals surface area contributed by atoms with Crippen LogP contribution in [0, 0.1) is 16.0 Å². The summed E-state index contributed by atoms with van der Waals surface area (Å²) < 4.78 is 0. The molecule has 4 nitrogen and oxygen atoms in total. The van der Waals surface area contributed by atoms with E-state index >= 15 is 0 Å². The molecule has 0 bridgehead atoms. The van der Waals surface area contributed by atoms with Gasteiger partial charge in [0.05, 0.1) is 11.0 Å². The highest BCUT2D eigenvalue weighted by Crippen LogP contribution is 2.50. The Balaban J connectivity index is 1.79. The zero-order valence-corrected chi connectivity index (χ0v) is 14.1. The third-order valence-electron chi connectivity index (χ3n) is 4.85. The number of fused-ring (bicyclic) bond motifs is 3. The fraction of sp³-hybridized carbons (Fsp3) is 0.222. The van der Waals surface area contributed by atoms with Gasteiger partial charge in [-0.2, -0.15) is 0 Å². The Bertz CT molecular complexity index is 866. The number of nitro benzene ring substituents is 1. The molecular formula is C18H14Cl2N2O2. The van der Waals surface area contributed by atoms with Gasteiger partial charge in [0.1, 0.15) is 5.02 Å². The van der Waals surface area contributed by atoms with E-state index in [0.29, 0.717) is 5.92 Å². The van der Waals surface area contributed by atoms with Gasteiger partial charge in [0, 0.05) is 22.7 Å². The highest BCUT2D eigenvalue weighted by atomic mass is 35.5. The van der Waals surface area contributed by atoms with Crippen LogP contribution in [0.2, 0.25) is 10.0 Å². The molecule has 0 saturated heterocycles. The maximum Gasteiger partial charge on any atom is 0.288 e. The second-order valence-corrected chi connectivity index (χ2v) is 7.02. The van der Waals surface area contributed by atoms with Gasteiger partial charge in [-0.25, -0.2) is 0 Å². The van der Waals surface area contributed by atoms with Crippen LogP contribution in [0.15, 0.2) is 48.6 Å². The lowest BCUT2D eigenvalue weighted by atomic mass is 9.77. The summed E-state index contributed by atoms with van der Waals surface area (Å²) in [5.74, 6) is 0.566. The van der Waals surface area contributed by atoms with Crippen molar-refractivity contribution < 1.29 is 4.92 Å². The first kappa shape index (κ1) is 15.5. The van der Waals surface area contributed by atoms with Gasteiger partial charge >= 0.3 is 0 Å². The Morgan fingerprint density at radius 3 is 2.79 bits per heavy atom. The molecule has 122 valence electrons. The average molecular weight is 361 g/mol. The van der Waals surface area contributed by atoms with Crippen LogP contribution in [-0.4, -0.2) is 4.92 Å². The van der Waals surface area contributed by atoms with Gasteiger partial charge in [0.2, 0.25) is 0 Å². The summed E-state index contributed by atoms with van der Waals surface area (Å²) >= 11 is 12.1. The zero-order valence-electron chi connectivity index (χ0n) is 12.6. The number of nitrogens with zero attached hydrogens (tertiary/aromatic N) is 1. The van der Waals surface area contributed by atoms with Crippen molar-refractivity contribution in [1.29, 1.82) is 0 Å². The fourth-order valence-electron chi connectivity index (χ4n) is 3.76. The summed E-state index contributed by atoms with van der Waals surface area (Å²) in [6.45, 7) is 0. The molecule has 0 aromatic heterocycles. The molecular weight excluding hydrogens is 347 g/mol. The highest BCUT2D eigenvalue weighted by Gasteiger charge is 2.38. The molecule has 24 heavy (non-hydrogen) atoms. The van der Waals surface area contributed by atoms with Crippen molar-refractivity contribution in [2.75, 3.05) is 5.32 Å². The van der Waals surface area contributed by atoms with Crippen molar-refractivity contribution >= 4 is 34.6 Å². The van der Waals surface area contributed by atoms with E-state index in [2.05, 4.69) is 17.5 Å². The van der Waals surface area contributed by atoms with Gasteiger partial charge in [0.25, 0.3) is 5.69 Å². The third kappa shape index (κ3) is 2.46. The topological polar surface area (TPSA) is 55.2 Å². The van der Waals surface area contributed by atoms with Crippen molar-refractivity contribution in [3.63, 3.8) is 0 Å². The molecule has 0 amide bonds. The number of nitro groups is 1. The minimum Gasteiger partial charge on any atom is -0.378 e. The largest absolute Gasteiger partial charge is 0.378 e. The minimum absolute atomic E-state index is 0.00496. The van der Waals surface area contributed by atoms with Crippen molar-refractivity contribution in [2.24, 2.45) is 5.92 Å². The summed E-state index contributed by atoms with van der Waals surface area (Å²) in [7, 11) is 0. The van der Waals surface area contributed by atoms with Crippen LogP contribution in [0.5, 0.6) is 0 Å². The van der Waals surface area contributed by atoms with Gasteiger partial charge < -0.3 is 5.32 Å². The number of halogens is 2. The first-order valence-corrected chi connectivity index (χ1v) is 8.46. The summed E-state index contributed by atoms with van der Waals surface area (Å²) in [5.41, 5.74) is 3.03. The molecule has 2 aliphatic rings. The molecule has 0 fully saturated rings. The zero-order chi connectivity index (χ0) is 16.8. The van der Waals surface area contributed by atoms with Gasteiger partial charge in [0.15, 0.2) is 0 Å². The molecule has 0 spiro atoms. The summed E-state index contributed by atoms with van der Waals surface area (Å²) in [5, 5.41) is 15.6. The number of allylic oxidation sites excluding steroid dienone is 2. The van der Waals surface area contributed by atoms with E-state index in [9.17, 15) is 10.1 Å². The molecule has 3 atom stereocenters. The van der Waals surface area contributed by atoms with Gasteiger partial charge in [-0.05, 0) is 47.7 Å². The standard InChI is InChI=1S/C18H14Cl2N2O2/c19-11-5-7-16-14(9-11)12-2-1-3-13(12)18(21-16)10-4-6-15(20)17(8-10)22(23)24/h1-2,4-9,12-13,18,21H,3H2/t12-,13-,18+/m1/s1. The molecule has 4 rings (SSSR count). The van der Waals surface area contributed by atoms with Crippen LogP contribution >= 0.6 is 23.2 Å². The van der Waals surface area contributed by atoms with Crippen LogP contribution in [0.25, 0.3) is 0 Å². The normalized spacial score (nSPS) is 24.2. The van der Waals surface area contributed by atoms with Crippen molar-refractivity contribution in [3.05, 3.63) is 79.8 Å². The lowest BCUT2D eigenvalue weighted by Crippen LogP contribution is -2.29. The second kappa shape index (κ2) is 5.80. The van der Waals surface area contributed by atoms with Gasteiger partial charge in [-0.3, -0.25) is 10.1 Å². The third-order valence-corrected chi connectivity index (χ3v) is 5.41. The SMILES string of the molecule is O=[N+]([O-])c1cc([C@@H]2Nc3ccc(Cl)cc3[C@@H]3C=CC[C@H]32)ccc1Cl. The molecule has 0 radical (unpaired) electrons. The molecule has 1 N–H and O–H groups in total. The van der Waals surface area contributed by atoms with Crippen LogP contribution in [0.4, 0.5) is 11.4 Å². The van der Waals surface area contributed by atoms with Crippen molar-refractivity contribution in [2.45, 2.75) is 18.4 Å². The average Bonchev–Trinajstić information content (AvgIpc) is 3.04. The van der Waals surface area contributed by atoms with Crippen LogP contribution in [-0.2, 0) is 0 Å².